The zero-order valence-electron chi connectivity index (χ0n) is 11.5. The summed E-state index contributed by atoms with van der Waals surface area (Å²) in [5, 5.41) is 0. The van der Waals surface area contributed by atoms with Crippen molar-refractivity contribution in [3.63, 3.8) is 0 Å². The molecule has 0 heterocycles. The predicted molar refractivity (Wildman–Crippen MR) is 79.2 cm³/mol. The van der Waals surface area contributed by atoms with Gasteiger partial charge in [-0.2, -0.15) is 12.6 Å². The van der Waals surface area contributed by atoms with Gasteiger partial charge in [0.2, 0.25) is 0 Å². The minimum absolute atomic E-state index is 0.832. The van der Waals surface area contributed by atoms with Crippen LogP contribution in [0, 0.1) is 0 Å². The highest BCUT2D eigenvalue weighted by atomic mass is 32.1. The Bertz CT molecular complexity index is 358. The van der Waals surface area contributed by atoms with Gasteiger partial charge in [-0.1, -0.05) is 6.07 Å². The number of nitrogens with zero attached hydrogens (tertiary/aromatic N) is 1. The van der Waals surface area contributed by atoms with Crippen molar-refractivity contribution in [1.29, 1.82) is 0 Å². The van der Waals surface area contributed by atoms with Gasteiger partial charge in [0.25, 0.3) is 0 Å². The maximum absolute atomic E-state index is 5.39. The number of thiol groups is 1. The molecule has 1 aromatic carbocycles. The van der Waals surface area contributed by atoms with Gasteiger partial charge in [0.05, 0.1) is 14.2 Å². The molecular formula is C14H23NO2S. The third kappa shape index (κ3) is 4.78. The molecular weight excluding hydrogens is 246 g/mol. The Morgan fingerprint density at radius 2 is 1.94 bits per heavy atom. The Kier molecular flexibility index (Phi) is 6.98. The topological polar surface area (TPSA) is 21.7 Å². The van der Waals surface area contributed by atoms with Crippen molar-refractivity contribution < 1.29 is 9.47 Å². The highest BCUT2D eigenvalue weighted by molar-refractivity contribution is 7.80. The van der Waals surface area contributed by atoms with E-state index >= 15 is 0 Å². The predicted octanol–water partition coefficient (Wildman–Crippen LogP) is 2.50. The molecule has 3 nitrogen and oxygen atoms in total. The summed E-state index contributed by atoms with van der Waals surface area (Å²) in [6.45, 7) is 2.11. The fraction of sp³-hybridized carbons (Fsp3) is 0.571. The van der Waals surface area contributed by atoms with Crippen molar-refractivity contribution in [2.75, 3.05) is 40.1 Å². The number of benzene rings is 1. The zero-order chi connectivity index (χ0) is 13.4. The lowest BCUT2D eigenvalue weighted by molar-refractivity contribution is 0.336. The SMILES string of the molecule is COc1ccc(CCN(C)CCCS)c(OC)c1. The van der Waals surface area contributed by atoms with Crippen LogP contribution in [-0.4, -0.2) is 45.0 Å². The molecule has 1 aromatic rings. The summed E-state index contributed by atoms with van der Waals surface area (Å²) in [5.41, 5.74) is 1.22. The largest absolute Gasteiger partial charge is 0.497 e. The number of rotatable bonds is 8. The normalized spacial score (nSPS) is 10.7. The lowest BCUT2D eigenvalue weighted by atomic mass is 10.1. The second-order valence-corrected chi connectivity index (χ2v) is 4.76. The van der Waals surface area contributed by atoms with Crippen LogP contribution in [0.5, 0.6) is 11.5 Å². The first-order chi connectivity index (χ1) is 8.71. The lowest BCUT2D eigenvalue weighted by Gasteiger charge is -2.17. The van der Waals surface area contributed by atoms with Crippen LogP contribution >= 0.6 is 12.6 Å². The molecule has 0 fully saturated rings. The Labute approximate surface area is 115 Å². The van der Waals surface area contributed by atoms with E-state index < -0.39 is 0 Å². The summed E-state index contributed by atoms with van der Waals surface area (Å²) >= 11 is 4.23. The first-order valence-corrected chi connectivity index (χ1v) is 6.84. The first kappa shape index (κ1) is 15.2. The van der Waals surface area contributed by atoms with E-state index in [0.29, 0.717) is 0 Å². The summed E-state index contributed by atoms with van der Waals surface area (Å²) < 4.78 is 10.6. The molecule has 1 rings (SSSR count). The molecule has 102 valence electrons. The Morgan fingerprint density at radius 3 is 2.56 bits per heavy atom. The molecule has 0 atom stereocenters. The molecule has 0 amide bonds. The molecule has 18 heavy (non-hydrogen) atoms. The number of hydrogen-bond donors (Lipinski definition) is 1. The van der Waals surface area contributed by atoms with Crippen molar-refractivity contribution in [1.82, 2.24) is 4.90 Å². The van der Waals surface area contributed by atoms with Crippen molar-refractivity contribution in [3.05, 3.63) is 23.8 Å². The molecule has 4 heteroatoms. The average molecular weight is 269 g/mol. The lowest BCUT2D eigenvalue weighted by Crippen LogP contribution is -2.22. The van der Waals surface area contributed by atoms with Crippen LogP contribution < -0.4 is 9.47 Å². The summed E-state index contributed by atoms with van der Waals surface area (Å²) in [6, 6.07) is 5.98. The molecule has 0 unspecified atom stereocenters. The molecule has 0 aliphatic heterocycles. The monoisotopic (exact) mass is 269 g/mol. The number of likely N-dealkylation sites (N-methyl/N-ethyl adjacent to an activating group) is 1. The van der Waals surface area contributed by atoms with Crippen molar-refractivity contribution in [3.8, 4) is 11.5 Å². The van der Waals surface area contributed by atoms with Crippen LogP contribution in [-0.2, 0) is 6.42 Å². The third-order valence-electron chi connectivity index (χ3n) is 2.96. The summed E-state index contributed by atoms with van der Waals surface area (Å²) in [5.74, 6) is 2.67. The van der Waals surface area contributed by atoms with Gasteiger partial charge in [-0.3, -0.25) is 0 Å². The molecule has 0 saturated heterocycles. The molecule has 0 radical (unpaired) electrons. The van der Waals surface area contributed by atoms with Gasteiger partial charge in [-0.15, -0.1) is 0 Å². The average Bonchev–Trinajstić information content (AvgIpc) is 2.42. The summed E-state index contributed by atoms with van der Waals surface area (Å²) in [4.78, 5) is 2.32. The standard InChI is InChI=1S/C14H23NO2S/c1-15(8-4-10-18)9-7-12-5-6-13(16-2)11-14(12)17-3/h5-6,11,18H,4,7-10H2,1-3H3. The van der Waals surface area contributed by atoms with E-state index in [9.17, 15) is 0 Å². The maximum atomic E-state index is 5.39. The third-order valence-corrected chi connectivity index (χ3v) is 3.27. The van der Waals surface area contributed by atoms with Crippen LogP contribution in [0.2, 0.25) is 0 Å². The van der Waals surface area contributed by atoms with Crippen LogP contribution in [0.25, 0.3) is 0 Å². The van der Waals surface area contributed by atoms with Crippen LogP contribution in [0.15, 0.2) is 18.2 Å². The van der Waals surface area contributed by atoms with Gasteiger partial charge < -0.3 is 14.4 Å². The van der Waals surface area contributed by atoms with E-state index in [1.54, 1.807) is 14.2 Å². The molecule has 0 saturated carbocycles. The minimum atomic E-state index is 0.832. The summed E-state index contributed by atoms with van der Waals surface area (Å²) in [6.07, 6.45) is 2.11. The van der Waals surface area contributed by atoms with Crippen LogP contribution in [0.4, 0.5) is 0 Å². The smallest absolute Gasteiger partial charge is 0.125 e. The molecule has 0 aliphatic carbocycles. The van der Waals surface area contributed by atoms with E-state index in [4.69, 9.17) is 9.47 Å². The molecule has 0 spiro atoms. The van der Waals surface area contributed by atoms with Crippen LogP contribution in [0.3, 0.4) is 0 Å². The second-order valence-electron chi connectivity index (χ2n) is 4.31. The van der Waals surface area contributed by atoms with Crippen molar-refractivity contribution in [2.45, 2.75) is 12.8 Å². The number of methoxy groups -OCH3 is 2. The Hall–Kier alpha value is -0.870. The van der Waals surface area contributed by atoms with Crippen LogP contribution in [0.1, 0.15) is 12.0 Å². The quantitative estimate of drug-likeness (QED) is 0.733. The Morgan fingerprint density at radius 1 is 1.17 bits per heavy atom. The fourth-order valence-corrected chi connectivity index (χ4v) is 1.96. The molecule has 0 aromatic heterocycles. The number of ether oxygens (including phenoxy) is 2. The van der Waals surface area contributed by atoms with E-state index in [0.717, 1.165) is 43.2 Å². The Balaban J connectivity index is 2.55. The van der Waals surface area contributed by atoms with Gasteiger partial charge in [-0.05, 0) is 43.8 Å². The highest BCUT2D eigenvalue weighted by Crippen LogP contribution is 2.24. The summed E-state index contributed by atoms with van der Waals surface area (Å²) in [7, 11) is 5.50. The zero-order valence-corrected chi connectivity index (χ0v) is 12.4. The highest BCUT2D eigenvalue weighted by Gasteiger charge is 2.06. The molecule has 0 bridgehead atoms. The van der Waals surface area contributed by atoms with E-state index in [2.05, 4.69) is 30.6 Å². The first-order valence-electron chi connectivity index (χ1n) is 6.21. The van der Waals surface area contributed by atoms with E-state index in [1.165, 1.54) is 5.56 Å². The molecule has 0 N–H and O–H groups in total. The van der Waals surface area contributed by atoms with Gasteiger partial charge in [-0.25, -0.2) is 0 Å². The van der Waals surface area contributed by atoms with E-state index in [1.807, 2.05) is 12.1 Å². The molecule has 0 aliphatic rings. The maximum Gasteiger partial charge on any atom is 0.125 e. The minimum Gasteiger partial charge on any atom is -0.497 e. The van der Waals surface area contributed by atoms with E-state index in [-0.39, 0.29) is 0 Å². The van der Waals surface area contributed by atoms with Gasteiger partial charge in [0.15, 0.2) is 0 Å². The van der Waals surface area contributed by atoms with Gasteiger partial charge >= 0.3 is 0 Å². The van der Waals surface area contributed by atoms with Gasteiger partial charge in [0.1, 0.15) is 11.5 Å². The second kappa shape index (κ2) is 8.27. The fourth-order valence-electron chi connectivity index (χ4n) is 1.82. The number of hydrogen-bond acceptors (Lipinski definition) is 4. The van der Waals surface area contributed by atoms with Crippen molar-refractivity contribution >= 4 is 12.6 Å². The van der Waals surface area contributed by atoms with Gasteiger partial charge in [0, 0.05) is 12.6 Å². The van der Waals surface area contributed by atoms with Crippen molar-refractivity contribution in [2.24, 2.45) is 0 Å².